The average molecular weight is 318 g/mol. The van der Waals surface area contributed by atoms with Crippen LogP contribution in [0.3, 0.4) is 0 Å². The minimum Gasteiger partial charge on any atom is -0.497 e. The number of carbonyl (C=O) groups excluding carboxylic acids is 1. The molecule has 24 heavy (non-hydrogen) atoms. The number of allylic oxidation sites excluding steroid dienone is 4. The molecule has 0 saturated heterocycles. The lowest BCUT2D eigenvalue weighted by atomic mass is 9.90. The fraction of sp³-hybridized carbons (Fsp3) is 0.227. The van der Waals surface area contributed by atoms with Crippen LogP contribution in [0.15, 0.2) is 65.7 Å². The molecule has 0 saturated carbocycles. The number of rotatable bonds is 4. The molecule has 0 spiro atoms. The summed E-state index contributed by atoms with van der Waals surface area (Å²) in [5.74, 6) is 1.04. The van der Waals surface area contributed by atoms with E-state index in [1.165, 1.54) is 11.1 Å². The molecule has 3 rings (SSSR count). The molecule has 0 bridgehead atoms. The summed E-state index contributed by atoms with van der Waals surface area (Å²) in [6.45, 7) is 4.09. The number of hydrogen-bond acceptors (Lipinski definition) is 2. The standard InChI is InChI=1S/C22H22O2/c1-4-19(16-8-6-5-7-9-16)20-14-21(23)15(2)22(20)17-10-12-18(24-3)13-11-17/h5-13H,4,14H2,1-3H3/b20-19-. The van der Waals surface area contributed by atoms with Crippen molar-refractivity contribution in [2.45, 2.75) is 26.7 Å². The average Bonchev–Trinajstić information content (AvgIpc) is 2.91. The van der Waals surface area contributed by atoms with Crippen LogP contribution in [-0.4, -0.2) is 12.9 Å². The van der Waals surface area contributed by atoms with Crippen LogP contribution >= 0.6 is 0 Å². The smallest absolute Gasteiger partial charge is 0.163 e. The predicted octanol–water partition coefficient (Wildman–Crippen LogP) is 5.31. The van der Waals surface area contributed by atoms with Crippen molar-refractivity contribution in [1.82, 2.24) is 0 Å². The number of Topliss-reactive ketones (excluding diaryl/α,β-unsaturated/α-hetero) is 1. The summed E-state index contributed by atoms with van der Waals surface area (Å²) in [6, 6.07) is 18.3. The van der Waals surface area contributed by atoms with Gasteiger partial charge in [0, 0.05) is 12.0 Å². The highest BCUT2D eigenvalue weighted by Crippen LogP contribution is 2.41. The van der Waals surface area contributed by atoms with Gasteiger partial charge in [-0.05, 0) is 53.3 Å². The normalized spacial score (nSPS) is 16.5. The van der Waals surface area contributed by atoms with Gasteiger partial charge in [-0.2, -0.15) is 0 Å². The number of methoxy groups -OCH3 is 1. The van der Waals surface area contributed by atoms with Crippen molar-refractivity contribution in [3.63, 3.8) is 0 Å². The molecule has 122 valence electrons. The fourth-order valence-corrected chi connectivity index (χ4v) is 3.38. The van der Waals surface area contributed by atoms with Crippen molar-refractivity contribution in [1.29, 1.82) is 0 Å². The van der Waals surface area contributed by atoms with Gasteiger partial charge < -0.3 is 4.74 Å². The Morgan fingerprint density at radius 1 is 1.04 bits per heavy atom. The molecule has 0 aromatic heterocycles. The monoisotopic (exact) mass is 318 g/mol. The van der Waals surface area contributed by atoms with Gasteiger partial charge in [0.25, 0.3) is 0 Å². The highest BCUT2D eigenvalue weighted by molar-refractivity contribution is 6.15. The van der Waals surface area contributed by atoms with E-state index >= 15 is 0 Å². The molecule has 2 heteroatoms. The lowest BCUT2D eigenvalue weighted by Gasteiger charge is -2.14. The van der Waals surface area contributed by atoms with Gasteiger partial charge >= 0.3 is 0 Å². The first-order chi connectivity index (χ1) is 11.7. The molecule has 0 unspecified atom stereocenters. The summed E-state index contributed by atoms with van der Waals surface area (Å²) in [5.41, 5.74) is 6.64. The third-order valence-electron chi connectivity index (χ3n) is 4.65. The molecule has 2 aromatic rings. The van der Waals surface area contributed by atoms with Crippen molar-refractivity contribution < 1.29 is 9.53 Å². The van der Waals surface area contributed by atoms with E-state index in [4.69, 9.17) is 4.74 Å². The van der Waals surface area contributed by atoms with Crippen LogP contribution in [0.5, 0.6) is 5.75 Å². The number of ether oxygens (including phenoxy) is 1. The van der Waals surface area contributed by atoms with Crippen LogP contribution < -0.4 is 4.74 Å². The Hall–Kier alpha value is -2.61. The maximum absolute atomic E-state index is 12.4. The van der Waals surface area contributed by atoms with Crippen molar-refractivity contribution in [3.05, 3.63) is 76.9 Å². The largest absolute Gasteiger partial charge is 0.497 e. The van der Waals surface area contributed by atoms with E-state index in [0.717, 1.165) is 34.5 Å². The van der Waals surface area contributed by atoms with Crippen molar-refractivity contribution in [2.75, 3.05) is 7.11 Å². The zero-order valence-electron chi connectivity index (χ0n) is 14.4. The first kappa shape index (κ1) is 16.3. The van der Waals surface area contributed by atoms with E-state index in [1.54, 1.807) is 7.11 Å². The molecule has 2 nitrogen and oxygen atoms in total. The van der Waals surface area contributed by atoms with Gasteiger partial charge in [-0.3, -0.25) is 4.79 Å². The zero-order chi connectivity index (χ0) is 17.1. The van der Waals surface area contributed by atoms with Gasteiger partial charge in [0.1, 0.15) is 5.75 Å². The Kier molecular flexibility index (Phi) is 4.66. The lowest BCUT2D eigenvalue weighted by Crippen LogP contribution is -1.94. The summed E-state index contributed by atoms with van der Waals surface area (Å²) < 4.78 is 5.25. The Balaban J connectivity index is 2.16. The number of benzene rings is 2. The summed E-state index contributed by atoms with van der Waals surface area (Å²) in [5, 5.41) is 0. The first-order valence-electron chi connectivity index (χ1n) is 8.32. The molecule has 0 radical (unpaired) electrons. The van der Waals surface area contributed by atoms with Gasteiger partial charge in [-0.1, -0.05) is 49.4 Å². The van der Waals surface area contributed by atoms with Crippen LogP contribution in [0.4, 0.5) is 0 Å². The summed E-state index contributed by atoms with van der Waals surface area (Å²) >= 11 is 0. The third kappa shape index (κ3) is 2.92. The Bertz CT molecular complexity index is 809. The second kappa shape index (κ2) is 6.88. The predicted molar refractivity (Wildman–Crippen MR) is 98.9 cm³/mol. The van der Waals surface area contributed by atoms with E-state index in [1.807, 2.05) is 49.4 Å². The molecule has 0 atom stereocenters. The summed E-state index contributed by atoms with van der Waals surface area (Å²) in [7, 11) is 1.66. The van der Waals surface area contributed by atoms with E-state index in [-0.39, 0.29) is 5.78 Å². The zero-order valence-corrected chi connectivity index (χ0v) is 14.4. The van der Waals surface area contributed by atoms with Crippen molar-refractivity contribution in [2.24, 2.45) is 0 Å². The number of carbonyl (C=O) groups is 1. The van der Waals surface area contributed by atoms with Gasteiger partial charge in [0.2, 0.25) is 0 Å². The number of ketones is 1. The van der Waals surface area contributed by atoms with E-state index in [9.17, 15) is 4.79 Å². The van der Waals surface area contributed by atoms with E-state index < -0.39 is 0 Å². The lowest BCUT2D eigenvalue weighted by molar-refractivity contribution is -0.114. The second-order valence-corrected chi connectivity index (χ2v) is 6.01. The van der Waals surface area contributed by atoms with E-state index in [2.05, 4.69) is 19.1 Å². The highest BCUT2D eigenvalue weighted by Gasteiger charge is 2.27. The van der Waals surface area contributed by atoms with E-state index in [0.29, 0.717) is 6.42 Å². The summed E-state index contributed by atoms with van der Waals surface area (Å²) in [4.78, 5) is 12.4. The van der Waals surface area contributed by atoms with Gasteiger partial charge in [-0.15, -0.1) is 0 Å². The molecular formula is C22H22O2. The number of hydrogen-bond donors (Lipinski definition) is 0. The van der Waals surface area contributed by atoms with Crippen LogP contribution in [0.2, 0.25) is 0 Å². The van der Waals surface area contributed by atoms with Crippen LogP contribution in [0.25, 0.3) is 11.1 Å². The molecule has 0 N–H and O–H groups in total. The fourth-order valence-electron chi connectivity index (χ4n) is 3.38. The third-order valence-corrected chi connectivity index (χ3v) is 4.65. The molecule has 1 aliphatic rings. The van der Waals surface area contributed by atoms with Crippen molar-refractivity contribution in [3.8, 4) is 5.75 Å². The van der Waals surface area contributed by atoms with Crippen LogP contribution in [0, 0.1) is 0 Å². The first-order valence-corrected chi connectivity index (χ1v) is 8.32. The molecule has 0 fully saturated rings. The van der Waals surface area contributed by atoms with Gasteiger partial charge in [-0.25, -0.2) is 0 Å². The molecule has 0 aliphatic heterocycles. The minimum absolute atomic E-state index is 0.220. The molecule has 2 aromatic carbocycles. The Morgan fingerprint density at radius 2 is 1.71 bits per heavy atom. The SMILES string of the molecule is CC/C(=C1\CC(=O)C(C)=C1c1ccc(OC)cc1)c1ccccc1. The molecule has 1 aliphatic carbocycles. The maximum atomic E-state index is 12.4. The Labute approximate surface area is 143 Å². The topological polar surface area (TPSA) is 26.3 Å². The summed E-state index contributed by atoms with van der Waals surface area (Å²) in [6.07, 6.45) is 1.39. The Morgan fingerprint density at radius 3 is 2.29 bits per heavy atom. The maximum Gasteiger partial charge on any atom is 0.163 e. The molecule has 0 amide bonds. The van der Waals surface area contributed by atoms with Gasteiger partial charge in [0.15, 0.2) is 5.78 Å². The quantitative estimate of drug-likeness (QED) is 0.764. The van der Waals surface area contributed by atoms with Crippen molar-refractivity contribution >= 4 is 16.9 Å². The van der Waals surface area contributed by atoms with Gasteiger partial charge in [0.05, 0.1) is 7.11 Å². The minimum atomic E-state index is 0.220. The highest BCUT2D eigenvalue weighted by atomic mass is 16.5. The molecular weight excluding hydrogens is 296 g/mol. The van der Waals surface area contributed by atoms with Crippen LogP contribution in [-0.2, 0) is 4.79 Å². The van der Waals surface area contributed by atoms with Crippen LogP contribution in [0.1, 0.15) is 37.8 Å². The molecule has 0 heterocycles. The second-order valence-electron chi connectivity index (χ2n) is 6.01.